The van der Waals surface area contributed by atoms with Gasteiger partial charge in [0.1, 0.15) is 5.75 Å². The second-order valence-electron chi connectivity index (χ2n) is 4.51. The molecule has 0 aliphatic rings. The van der Waals surface area contributed by atoms with Crippen LogP contribution in [0.2, 0.25) is 0 Å². The number of nitrogens with one attached hydrogen (secondary N) is 1. The molecule has 0 aliphatic carbocycles. The molecular formula is C15H15BrN2O2. The summed E-state index contributed by atoms with van der Waals surface area (Å²) in [5.74, 6) is 0.428. The Labute approximate surface area is 126 Å². The average Bonchev–Trinajstić information content (AvgIpc) is 2.40. The quantitative estimate of drug-likeness (QED) is 0.922. The van der Waals surface area contributed by atoms with Gasteiger partial charge in [0.05, 0.1) is 17.4 Å². The summed E-state index contributed by atoms with van der Waals surface area (Å²) in [5, 5.41) is 2.83. The molecule has 0 atom stereocenters. The number of aromatic nitrogens is 1. The van der Waals surface area contributed by atoms with E-state index in [1.807, 2.05) is 32.0 Å². The highest BCUT2D eigenvalue weighted by Crippen LogP contribution is 2.25. The van der Waals surface area contributed by atoms with E-state index >= 15 is 0 Å². The number of rotatable bonds is 4. The minimum atomic E-state index is -0.224. The van der Waals surface area contributed by atoms with Crippen LogP contribution in [0.4, 0.5) is 5.69 Å². The molecular weight excluding hydrogens is 320 g/mol. The lowest BCUT2D eigenvalue weighted by Crippen LogP contribution is -2.14. The molecule has 5 heteroatoms. The second-order valence-corrected chi connectivity index (χ2v) is 5.42. The Morgan fingerprint density at radius 2 is 2.05 bits per heavy atom. The SMILES string of the molecule is CC(C)Oc1ccccc1NC(=O)c1cncc(Br)c1. The predicted octanol–water partition coefficient (Wildman–Crippen LogP) is 3.88. The van der Waals surface area contributed by atoms with Gasteiger partial charge >= 0.3 is 0 Å². The first kappa shape index (κ1) is 14.5. The highest BCUT2D eigenvalue weighted by atomic mass is 79.9. The monoisotopic (exact) mass is 334 g/mol. The first-order valence-corrected chi connectivity index (χ1v) is 7.03. The van der Waals surface area contributed by atoms with Crippen LogP contribution in [0.5, 0.6) is 5.75 Å². The lowest BCUT2D eigenvalue weighted by molar-refractivity contribution is 0.102. The molecule has 1 aromatic heterocycles. The molecule has 1 N–H and O–H groups in total. The summed E-state index contributed by atoms with van der Waals surface area (Å²) in [6.07, 6.45) is 3.19. The van der Waals surface area contributed by atoms with Crippen molar-refractivity contribution in [1.29, 1.82) is 0 Å². The van der Waals surface area contributed by atoms with Crippen molar-refractivity contribution in [2.75, 3.05) is 5.32 Å². The van der Waals surface area contributed by atoms with E-state index in [1.165, 1.54) is 6.20 Å². The van der Waals surface area contributed by atoms with Crippen molar-refractivity contribution in [2.24, 2.45) is 0 Å². The number of pyridine rings is 1. The first-order chi connectivity index (χ1) is 9.56. The number of halogens is 1. The number of carbonyl (C=O) groups excluding carboxylic acids is 1. The van der Waals surface area contributed by atoms with Gasteiger partial charge in [-0.25, -0.2) is 0 Å². The van der Waals surface area contributed by atoms with Crippen molar-refractivity contribution in [1.82, 2.24) is 4.98 Å². The zero-order valence-electron chi connectivity index (χ0n) is 11.3. The van der Waals surface area contributed by atoms with E-state index in [1.54, 1.807) is 18.3 Å². The van der Waals surface area contributed by atoms with Crippen molar-refractivity contribution in [3.63, 3.8) is 0 Å². The van der Waals surface area contributed by atoms with Gasteiger partial charge in [0.2, 0.25) is 0 Å². The van der Waals surface area contributed by atoms with E-state index in [2.05, 4.69) is 26.2 Å². The number of hydrogen-bond donors (Lipinski definition) is 1. The van der Waals surface area contributed by atoms with Gasteiger partial charge in [0.15, 0.2) is 0 Å². The molecule has 0 bridgehead atoms. The maximum atomic E-state index is 12.2. The average molecular weight is 335 g/mol. The first-order valence-electron chi connectivity index (χ1n) is 6.24. The van der Waals surface area contributed by atoms with Crippen molar-refractivity contribution < 1.29 is 9.53 Å². The second kappa shape index (κ2) is 6.52. The molecule has 2 aromatic rings. The van der Waals surface area contributed by atoms with Gasteiger partial charge in [-0.05, 0) is 48.0 Å². The Kier molecular flexibility index (Phi) is 4.74. The van der Waals surface area contributed by atoms with Crippen LogP contribution >= 0.6 is 15.9 Å². The molecule has 4 nitrogen and oxygen atoms in total. The van der Waals surface area contributed by atoms with Crippen molar-refractivity contribution in [2.45, 2.75) is 20.0 Å². The van der Waals surface area contributed by atoms with Gasteiger partial charge in [-0.1, -0.05) is 12.1 Å². The fourth-order valence-corrected chi connectivity index (χ4v) is 2.02. The predicted molar refractivity (Wildman–Crippen MR) is 82.1 cm³/mol. The minimum Gasteiger partial charge on any atom is -0.489 e. The lowest BCUT2D eigenvalue weighted by atomic mass is 10.2. The summed E-state index contributed by atoms with van der Waals surface area (Å²) in [5.41, 5.74) is 1.13. The highest BCUT2D eigenvalue weighted by molar-refractivity contribution is 9.10. The molecule has 1 aromatic carbocycles. The third-order valence-electron chi connectivity index (χ3n) is 2.46. The summed E-state index contributed by atoms with van der Waals surface area (Å²) in [6, 6.07) is 9.07. The van der Waals surface area contributed by atoms with E-state index in [9.17, 15) is 4.79 Å². The summed E-state index contributed by atoms with van der Waals surface area (Å²) in [7, 11) is 0. The lowest BCUT2D eigenvalue weighted by Gasteiger charge is -2.14. The number of amides is 1. The van der Waals surface area contributed by atoms with E-state index in [0.29, 0.717) is 17.0 Å². The Morgan fingerprint density at radius 1 is 1.30 bits per heavy atom. The summed E-state index contributed by atoms with van der Waals surface area (Å²) in [4.78, 5) is 16.2. The van der Waals surface area contributed by atoms with E-state index in [0.717, 1.165) is 4.47 Å². The van der Waals surface area contributed by atoms with Crippen LogP contribution < -0.4 is 10.1 Å². The summed E-state index contributed by atoms with van der Waals surface area (Å²) < 4.78 is 6.43. The van der Waals surface area contributed by atoms with E-state index < -0.39 is 0 Å². The van der Waals surface area contributed by atoms with Gasteiger partial charge in [-0.3, -0.25) is 9.78 Å². The number of carbonyl (C=O) groups is 1. The molecule has 0 aliphatic heterocycles. The molecule has 2 rings (SSSR count). The number of ether oxygens (including phenoxy) is 1. The molecule has 0 saturated carbocycles. The topological polar surface area (TPSA) is 51.2 Å². The van der Waals surface area contributed by atoms with Gasteiger partial charge < -0.3 is 10.1 Å². The van der Waals surface area contributed by atoms with Crippen molar-refractivity contribution in [3.8, 4) is 5.75 Å². The van der Waals surface area contributed by atoms with Crippen LogP contribution in [-0.2, 0) is 0 Å². The smallest absolute Gasteiger partial charge is 0.257 e. The van der Waals surface area contributed by atoms with Crippen LogP contribution in [0.3, 0.4) is 0 Å². The van der Waals surface area contributed by atoms with Crippen LogP contribution in [0.25, 0.3) is 0 Å². The molecule has 0 spiro atoms. The van der Waals surface area contributed by atoms with Gasteiger partial charge in [-0.2, -0.15) is 0 Å². The van der Waals surface area contributed by atoms with Gasteiger partial charge in [0, 0.05) is 16.9 Å². The Bertz CT molecular complexity index is 614. The molecule has 1 heterocycles. The molecule has 0 fully saturated rings. The Morgan fingerprint density at radius 3 is 2.75 bits per heavy atom. The number of nitrogens with zero attached hydrogens (tertiary/aromatic N) is 1. The standard InChI is InChI=1S/C15H15BrN2O2/c1-10(2)20-14-6-4-3-5-13(14)18-15(19)11-7-12(16)9-17-8-11/h3-10H,1-2H3,(H,18,19). The normalized spacial score (nSPS) is 10.4. The maximum Gasteiger partial charge on any atom is 0.257 e. The molecule has 20 heavy (non-hydrogen) atoms. The van der Waals surface area contributed by atoms with Gasteiger partial charge in [-0.15, -0.1) is 0 Å². The summed E-state index contributed by atoms with van der Waals surface area (Å²) >= 11 is 3.30. The zero-order chi connectivity index (χ0) is 14.5. The van der Waals surface area contributed by atoms with Crippen LogP contribution in [0.1, 0.15) is 24.2 Å². The molecule has 0 radical (unpaired) electrons. The number of benzene rings is 1. The van der Waals surface area contributed by atoms with E-state index in [-0.39, 0.29) is 12.0 Å². The number of hydrogen-bond acceptors (Lipinski definition) is 3. The van der Waals surface area contributed by atoms with Crippen molar-refractivity contribution >= 4 is 27.5 Å². The van der Waals surface area contributed by atoms with E-state index in [4.69, 9.17) is 4.74 Å². The minimum absolute atomic E-state index is 0.0422. The van der Waals surface area contributed by atoms with Crippen LogP contribution in [0.15, 0.2) is 47.2 Å². The fourth-order valence-electron chi connectivity index (χ4n) is 1.66. The maximum absolute atomic E-state index is 12.2. The molecule has 1 amide bonds. The third-order valence-corrected chi connectivity index (χ3v) is 2.90. The molecule has 104 valence electrons. The molecule has 0 unspecified atom stereocenters. The van der Waals surface area contributed by atoms with Crippen molar-refractivity contribution in [3.05, 3.63) is 52.8 Å². The Balaban J connectivity index is 2.19. The third kappa shape index (κ3) is 3.81. The molecule has 0 saturated heterocycles. The van der Waals surface area contributed by atoms with Gasteiger partial charge in [0.25, 0.3) is 5.91 Å². The Hall–Kier alpha value is -1.88. The van der Waals surface area contributed by atoms with Crippen LogP contribution in [0, 0.1) is 0 Å². The largest absolute Gasteiger partial charge is 0.489 e. The highest BCUT2D eigenvalue weighted by Gasteiger charge is 2.11. The number of anilines is 1. The fraction of sp³-hybridized carbons (Fsp3) is 0.200. The summed E-state index contributed by atoms with van der Waals surface area (Å²) in [6.45, 7) is 3.88. The zero-order valence-corrected chi connectivity index (χ0v) is 12.8. The van der Waals surface area contributed by atoms with Crippen LogP contribution in [-0.4, -0.2) is 17.0 Å². The number of para-hydroxylation sites is 2.